The molecule has 1 N–H and O–H groups in total. The van der Waals surface area contributed by atoms with Crippen molar-refractivity contribution in [2.75, 3.05) is 37.6 Å². The van der Waals surface area contributed by atoms with Crippen molar-refractivity contribution in [1.29, 1.82) is 0 Å². The molecule has 1 saturated heterocycles. The number of benzene rings is 1. The predicted octanol–water partition coefficient (Wildman–Crippen LogP) is 3.36. The minimum Gasteiger partial charge on any atom is -0.465 e. The Balaban J connectivity index is 1.26. The van der Waals surface area contributed by atoms with E-state index >= 15 is 0 Å². The Morgan fingerprint density at radius 3 is 2.78 bits per heavy atom. The molecular formula is C23H23FN4O3S. The number of amides is 2. The number of anilines is 1. The lowest BCUT2D eigenvalue weighted by atomic mass is 10.0. The topological polar surface area (TPSA) is 77.0 Å². The second kappa shape index (κ2) is 8.48. The fourth-order valence-electron chi connectivity index (χ4n) is 4.43. The van der Waals surface area contributed by atoms with Gasteiger partial charge in [0.2, 0.25) is 5.91 Å². The molecule has 0 unspecified atom stereocenters. The minimum atomic E-state index is -0.882. The van der Waals surface area contributed by atoms with E-state index in [4.69, 9.17) is 0 Å². The summed E-state index contributed by atoms with van der Waals surface area (Å²) in [5.74, 6) is -0.290. The van der Waals surface area contributed by atoms with Gasteiger partial charge in [-0.2, -0.15) is 0 Å². The largest absolute Gasteiger partial charge is 0.465 e. The van der Waals surface area contributed by atoms with Crippen molar-refractivity contribution in [3.63, 3.8) is 0 Å². The molecule has 0 saturated carbocycles. The van der Waals surface area contributed by atoms with Gasteiger partial charge in [-0.15, -0.1) is 11.3 Å². The molecule has 1 aromatic carbocycles. The summed E-state index contributed by atoms with van der Waals surface area (Å²) in [6, 6.07) is 9.20. The van der Waals surface area contributed by atoms with E-state index in [9.17, 15) is 19.1 Å². The zero-order valence-corrected chi connectivity index (χ0v) is 18.3. The van der Waals surface area contributed by atoms with Crippen LogP contribution in [0, 0.1) is 5.82 Å². The zero-order valence-electron chi connectivity index (χ0n) is 17.5. The number of carbonyl (C=O) groups is 2. The molecule has 2 amide bonds. The molecule has 0 spiro atoms. The first-order chi connectivity index (χ1) is 15.5. The van der Waals surface area contributed by atoms with Gasteiger partial charge >= 0.3 is 6.09 Å². The third kappa shape index (κ3) is 4.05. The number of thiophene rings is 1. The molecule has 2 aliphatic heterocycles. The number of carbonyl (C=O) groups excluding carboxylic acids is 1. The SMILES string of the molecule is O=C(O)N1CCc2c(sc3cc(N4CCN(CCc5ccc(F)cn5)CC4=O)ccc23)C1. The van der Waals surface area contributed by atoms with Crippen molar-refractivity contribution in [2.45, 2.75) is 19.4 Å². The molecule has 0 bridgehead atoms. The van der Waals surface area contributed by atoms with E-state index in [0.29, 0.717) is 39.1 Å². The second-order valence-corrected chi connectivity index (χ2v) is 9.31. The molecule has 0 radical (unpaired) electrons. The summed E-state index contributed by atoms with van der Waals surface area (Å²) in [7, 11) is 0. The molecule has 166 valence electrons. The van der Waals surface area contributed by atoms with Crippen molar-refractivity contribution in [3.8, 4) is 0 Å². The van der Waals surface area contributed by atoms with E-state index in [-0.39, 0.29) is 11.7 Å². The van der Waals surface area contributed by atoms with E-state index in [1.807, 2.05) is 11.0 Å². The first-order valence-electron chi connectivity index (χ1n) is 10.6. The number of fused-ring (bicyclic) bond motifs is 3. The second-order valence-electron chi connectivity index (χ2n) is 8.18. The maximum absolute atomic E-state index is 13.0. The molecule has 1 fully saturated rings. The van der Waals surface area contributed by atoms with Crippen LogP contribution in [0.4, 0.5) is 14.9 Å². The monoisotopic (exact) mass is 454 g/mol. The molecule has 0 atom stereocenters. The van der Waals surface area contributed by atoms with E-state index in [2.05, 4.69) is 22.0 Å². The van der Waals surface area contributed by atoms with E-state index < -0.39 is 6.09 Å². The Morgan fingerprint density at radius 1 is 1.16 bits per heavy atom. The highest BCUT2D eigenvalue weighted by molar-refractivity contribution is 7.19. The van der Waals surface area contributed by atoms with Crippen LogP contribution in [-0.2, 0) is 24.2 Å². The summed E-state index contributed by atoms with van der Waals surface area (Å²) >= 11 is 1.62. The highest BCUT2D eigenvalue weighted by atomic mass is 32.1. The van der Waals surface area contributed by atoms with Crippen LogP contribution in [0.1, 0.15) is 16.1 Å². The number of aromatic nitrogens is 1. The molecule has 2 aromatic heterocycles. The molecule has 7 nitrogen and oxygen atoms in total. The first-order valence-corrected chi connectivity index (χ1v) is 11.4. The lowest BCUT2D eigenvalue weighted by Crippen LogP contribution is -2.50. The van der Waals surface area contributed by atoms with Crippen LogP contribution in [0.5, 0.6) is 0 Å². The molecule has 9 heteroatoms. The molecular weight excluding hydrogens is 431 g/mol. The predicted molar refractivity (Wildman–Crippen MR) is 121 cm³/mol. The number of hydrogen-bond donors (Lipinski definition) is 1. The van der Waals surface area contributed by atoms with E-state index in [1.165, 1.54) is 22.7 Å². The normalized spacial score (nSPS) is 17.1. The first kappa shape index (κ1) is 20.8. The van der Waals surface area contributed by atoms with E-state index in [1.54, 1.807) is 17.4 Å². The Labute approximate surface area is 188 Å². The minimum absolute atomic E-state index is 0.0565. The van der Waals surface area contributed by atoms with Gasteiger partial charge in [-0.05, 0) is 41.6 Å². The zero-order chi connectivity index (χ0) is 22.2. The van der Waals surface area contributed by atoms with Crippen LogP contribution >= 0.6 is 11.3 Å². The third-order valence-electron chi connectivity index (χ3n) is 6.18. The third-order valence-corrected chi connectivity index (χ3v) is 7.36. The van der Waals surface area contributed by atoms with Crippen LogP contribution < -0.4 is 4.90 Å². The van der Waals surface area contributed by atoms with Crippen LogP contribution in [-0.4, -0.2) is 64.6 Å². The highest BCUT2D eigenvalue weighted by Crippen LogP contribution is 2.37. The average molecular weight is 455 g/mol. The van der Waals surface area contributed by atoms with Gasteiger partial charge in [-0.1, -0.05) is 6.07 Å². The fourth-order valence-corrected chi connectivity index (χ4v) is 5.74. The summed E-state index contributed by atoms with van der Waals surface area (Å²) in [6.07, 6.45) is 1.73. The van der Waals surface area contributed by atoms with Gasteiger partial charge in [0.1, 0.15) is 5.82 Å². The molecule has 2 aliphatic rings. The van der Waals surface area contributed by atoms with Gasteiger partial charge < -0.3 is 14.9 Å². The Bertz CT molecular complexity index is 1180. The van der Waals surface area contributed by atoms with Crippen molar-refractivity contribution >= 4 is 39.1 Å². The van der Waals surface area contributed by atoms with Crippen LogP contribution in [0.3, 0.4) is 0 Å². The molecule has 5 rings (SSSR count). The lowest BCUT2D eigenvalue weighted by Gasteiger charge is -2.34. The van der Waals surface area contributed by atoms with Crippen molar-refractivity contribution < 1.29 is 19.1 Å². The number of pyridine rings is 1. The maximum atomic E-state index is 13.0. The lowest BCUT2D eigenvalue weighted by molar-refractivity contribution is -0.121. The standard InChI is InChI=1S/C23H23FN4O3S/c24-15-1-2-16(25-12-15)5-7-26-9-10-28(22(29)14-26)17-3-4-18-19-6-8-27(23(30)31)13-21(19)32-20(18)11-17/h1-4,11-12H,5-10,13-14H2,(H,30,31). The van der Waals surface area contributed by atoms with Crippen LogP contribution in [0.2, 0.25) is 0 Å². The van der Waals surface area contributed by atoms with Crippen molar-refractivity contribution in [1.82, 2.24) is 14.8 Å². The Hall–Kier alpha value is -3.04. The number of nitrogens with zero attached hydrogens (tertiary/aromatic N) is 4. The summed E-state index contributed by atoms with van der Waals surface area (Å²) < 4.78 is 14.1. The number of hydrogen-bond acceptors (Lipinski definition) is 5. The van der Waals surface area contributed by atoms with Gasteiger partial charge in [0.15, 0.2) is 0 Å². The summed E-state index contributed by atoms with van der Waals surface area (Å²) in [6.45, 7) is 3.37. The number of carboxylic acid groups (broad SMARTS) is 1. The van der Waals surface area contributed by atoms with E-state index in [0.717, 1.165) is 39.3 Å². The van der Waals surface area contributed by atoms with Crippen molar-refractivity contribution in [3.05, 3.63) is 58.5 Å². The van der Waals surface area contributed by atoms with Gasteiger partial charge in [-0.3, -0.25) is 14.7 Å². The Morgan fingerprint density at radius 2 is 2.03 bits per heavy atom. The quantitative estimate of drug-likeness (QED) is 0.654. The number of halogens is 1. The van der Waals surface area contributed by atoms with Gasteiger partial charge in [0, 0.05) is 53.6 Å². The summed E-state index contributed by atoms with van der Waals surface area (Å²) in [5, 5.41) is 10.4. The van der Waals surface area contributed by atoms with Crippen molar-refractivity contribution in [2.24, 2.45) is 0 Å². The molecule has 3 aromatic rings. The maximum Gasteiger partial charge on any atom is 0.407 e. The number of rotatable bonds is 4. The van der Waals surface area contributed by atoms with Gasteiger partial charge in [0.05, 0.1) is 19.3 Å². The fraction of sp³-hybridized carbons (Fsp3) is 0.348. The van der Waals surface area contributed by atoms with Gasteiger partial charge in [0.25, 0.3) is 0 Å². The summed E-state index contributed by atoms with van der Waals surface area (Å²) in [5.41, 5.74) is 2.94. The Kier molecular flexibility index (Phi) is 5.52. The van der Waals surface area contributed by atoms with Gasteiger partial charge in [-0.25, -0.2) is 9.18 Å². The molecule has 32 heavy (non-hydrogen) atoms. The highest BCUT2D eigenvalue weighted by Gasteiger charge is 2.27. The summed E-state index contributed by atoms with van der Waals surface area (Å²) in [4.78, 5) is 34.7. The molecule has 0 aliphatic carbocycles. The number of piperazine rings is 1. The average Bonchev–Trinajstić information content (AvgIpc) is 3.15. The van der Waals surface area contributed by atoms with Crippen LogP contribution in [0.25, 0.3) is 10.1 Å². The molecule has 4 heterocycles. The smallest absolute Gasteiger partial charge is 0.407 e. The van der Waals surface area contributed by atoms with Crippen LogP contribution in [0.15, 0.2) is 36.5 Å².